The third-order valence-electron chi connectivity index (χ3n) is 5.63. The number of aromatic nitrogens is 3. The summed E-state index contributed by atoms with van der Waals surface area (Å²) in [6.45, 7) is 4.49. The van der Waals surface area contributed by atoms with Crippen LogP contribution in [0.3, 0.4) is 0 Å². The quantitative estimate of drug-likeness (QED) is 0.685. The molecule has 0 atom stereocenters. The zero-order valence-corrected chi connectivity index (χ0v) is 18.1. The Hall–Kier alpha value is -3.81. The van der Waals surface area contributed by atoms with E-state index in [0.29, 0.717) is 37.4 Å². The van der Waals surface area contributed by atoms with Crippen molar-refractivity contribution in [3.05, 3.63) is 81.9 Å². The summed E-state index contributed by atoms with van der Waals surface area (Å²) in [6.07, 6.45) is 2.73. The van der Waals surface area contributed by atoms with E-state index in [0.717, 1.165) is 11.3 Å². The van der Waals surface area contributed by atoms with Gasteiger partial charge in [-0.2, -0.15) is 5.10 Å². The van der Waals surface area contributed by atoms with Crippen molar-refractivity contribution in [2.24, 2.45) is 5.92 Å². The first-order valence-electron chi connectivity index (χ1n) is 10.6. The summed E-state index contributed by atoms with van der Waals surface area (Å²) in [6, 6.07) is 14.5. The Morgan fingerprint density at radius 3 is 2.41 bits per heavy atom. The van der Waals surface area contributed by atoms with Gasteiger partial charge in [0.15, 0.2) is 5.69 Å². The molecule has 1 aliphatic heterocycles. The SMILES string of the molecule is Cc1ccc(NC(=O)C2CCN(C(=O)c3nn(-c4ccccc4)c(C)cc3=O)CC2)nc1. The van der Waals surface area contributed by atoms with Crippen molar-refractivity contribution in [3.8, 4) is 5.69 Å². The van der Waals surface area contributed by atoms with Crippen LogP contribution >= 0.6 is 0 Å². The van der Waals surface area contributed by atoms with E-state index in [9.17, 15) is 14.4 Å². The fraction of sp³-hybridized carbons (Fsp3) is 0.292. The second-order valence-corrected chi connectivity index (χ2v) is 8.02. The van der Waals surface area contributed by atoms with Crippen LogP contribution in [-0.2, 0) is 4.79 Å². The van der Waals surface area contributed by atoms with E-state index < -0.39 is 11.3 Å². The van der Waals surface area contributed by atoms with Gasteiger partial charge in [0, 0.05) is 37.0 Å². The lowest BCUT2D eigenvalue weighted by atomic mass is 9.95. The first-order valence-corrected chi connectivity index (χ1v) is 10.6. The number of hydrogen-bond donors (Lipinski definition) is 1. The van der Waals surface area contributed by atoms with E-state index in [1.807, 2.05) is 43.3 Å². The molecule has 0 spiro atoms. The lowest BCUT2D eigenvalue weighted by molar-refractivity contribution is -0.121. The smallest absolute Gasteiger partial charge is 0.278 e. The van der Waals surface area contributed by atoms with Crippen molar-refractivity contribution < 1.29 is 9.59 Å². The van der Waals surface area contributed by atoms with Crippen LogP contribution in [0.15, 0.2) is 59.5 Å². The van der Waals surface area contributed by atoms with Crippen LogP contribution in [0.5, 0.6) is 0 Å². The number of likely N-dealkylation sites (tertiary alicyclic amines) is 1. The molecule has 32 heavy (non-hydrogen) atoms. The molecule has 4 rings (SSSR count). The molecule has 8 heteroatoms. The molecular formula is C24H25N5O3. The summed E-state index contributed by atoms with van der Waals surface area (Å²) in [5.41, 5.74) is 1.94. The number of pyridine rings is 1. The molecule has 0 saturated carbocycles. The second-order valence-electron chi connectivity index (χ2n) is 8.02. The van der Waals surface area contributed by atoms with E-state index in [1.165, 1.54) is 6.07 Å². The van der Waals surface area contributed by atoms with Gasteiger partial charge in [-0.3, -0.25) is 14.4 Å². The molecule has 2 amide bonds. The standard InChI is InChI=1S/C24H25N5O3/c1-16-8-9-21(25-15-16)26-23(31)18-10-12-28(13-11-18)24(32)22-20(30)14-17(2)29(27-22)19-6-4-3-5-7-19/h3-9,14-15,18H,10-13H2,1-2H3,(H,25,26,31). The lowest BCUT2D eigenvalue weighted by Crippen LogP contribution is -2.43. The molecule has 1 N–H and O–H groups in total. The molecule has 8 nitrogen and oxygen atoms in total. The summed E-state index contributed by atoms with van der Waals surface area (Å²) >= 11 is 0. The highest BCUT2D eigenvalue weighted by Gasteiger charge is 2.30. The molecule has 0 radical (unpaired) electrons. The van der Waals surface area contributed by atoms with E-state index in [1.54, 1.807) is 28.8 Å². The van der Waals surface area contributed by atoms with Crippen LogP contribution in [0.2, 0.25) is 0 Å². The van der Waals surface area contributed by atoms with E-state index in [4.69, 9.17) is 0 Å². The Labute approximate surface area is 185 Å². The second kappa shape index (κ2) is 9.13. The van der Waals surface area contributed by atoms with Gasteiger partial charge in [-0.25, -0.2) is 9.67 Å². The van der Waals surface area contributed by atoms with Gasteiger partial charge in [-0.05, 0) is 50.5 Å². The maximum atomic E-state index is 13.1. The van der Waals surface area contributed by atoms with Crippen molar-refractivity contribution >= 4 is 17.6 Å². The average Bonchev–Trinajstić information content (AvgIpc) is 2.81. The summed E-state index contributed by atoms with van der Waals surface area (Å²) < 4.78 is 1.60. The minimum absolute atomic E-state index is 0.103. The highest BCUT2D eigenvalue weighted by atomic mass is 16.2. The van der Waals surface area contributed by atoms with Gasteiger partial charge in [0.1, 0.15) is 5.82 Å². The number of aryl methyl sites for hydroxylation is 2. The van der Waals surface area contributed by atoms with Gasteiger partial charge in [-0.1, -0.05) is 24.3 Å². The number of para-hydroxylation sites is 1. The van der Waals surface area contributed by atoms with Crippen molar-refractivity contribution in [1.29, 1.82) is 0 Å². The molecule has 0 bridgehead atoms. The molecule has 1 saturated heterocycles. The largest absolute Gasteiger partial charge is 0.337 e. The highest BCUT2D eigenvalue weighted by Crippen LogP contribution is 2.20. The summed E-state index contributed by atoms with van der Waals surface area (Å²) in [7, 11) is 0. The van der Waals surface area contributed by atoms with Crippen molar-refractivity contribution in [2.75, 3.05) is 18.4 Å². The number of nitrogens with zero attached hydrogens (tertiary/aromatic N) is 4. The predicted molar refractivity (Wildman–Crippen MR) is 121 cm³/mol. The summed E-state index contributed by atoms with van der Waals surface area (Å²) in [4.78, 5) is 43.9. The highest BCUT2D eigenvalue weighted by molar-refractivity contribution is 5.93. The summed E-state index contributed by atoms with van der Waals surface area (Å²) in [5, 5.41) is 7.20. The normalized spacial score (nSPS) is 14.2. The van der Waals surface area contributed by atoms with Crippen LogP contribution in [0.25, 0.3) is 5.69 Å². The predicted octanol–water partition coefficient (Wildman–Crippen LogP) is 2.74. The van der Waals surface area contributed by atoms with Gasteiger partial charge in [0.2, 0.25) is 11.3 Å². The van der Waals surface area contributed by atoms with Crippen molar-refractivity contribution in [3.63, 3.8) is 0 Å². The third-order valence-corrected chi connectivity index (χ3v) is 5.63. The Balaban J connectivity index is 1.44. The third kappa shape index (κ3) is 4.59. The fourth-order valence-electron chi connectivity index (χ4n) is 3.79. The zero-order chi connectivity index (χ0) is 22.7. The number of rotatable bonds is 4. The minimum Gasteiger partial charge on any atom is -0.337 e. The Bertz CT molecular complexity index is 1180. The first kappa shape index (κ1) is 21.4. The monoisotopic (exact) mass is 431 g/mol. The van der Waals surface area contributed by atoms with Gasteiger partial charge in [0.25, 0.3) is 5.91 Å². The van der Waals surface area contributed by atoms with Crippen LogP contribution in [-0.4, -0.2) is 44.6 Å². The van der Waals surface area contributed by atoms with Crippen LogP contribution in [0.4, 0.5) is 5.82 Å². The van der Waals surface area contributed by atoms with E-state index in [-0.39, 0.29) is 17.5 Å². The minimum atomic E-state index is -0.404. The van der Waals surface area contributed by atoms with Crippen LogP contribution < -0.4 is 10.7 Å². The first-order chi connectivity index (χ1) is 15.4. The number of anilines is 1. The molecule has 2 aromatic heterocycles. The average molecular weight is 431 g/mol. The Kier molecular flexibility index (Phi) is 6.11. The van der Waals surface area contributed by atoms with E-state index in [2.05, 4.69) is 15.4 Å². The molecule has 164 valence electrons. The fourth-order valence-corrected chi connectivity index (χ4v) is 3.79. The van der Waals surface area contributed by atoms with Crippen molar-refractivity contribution in [2.45, 2.75) is 26.7 Å². The van der Waals surface area contributed by atoms with Crippen LogP contribution in [0, 0.1) is 19.8 Å². The van der Waals surface area contributed by atoms with Gasteiger partial charge >= 0.3 is 0 Å². The molecular weight excluding hydrogens is 406 g/mol. The van der Waals surface area contributed by atoms with Gasteiger partial charge < -0.3 is 10.2 Å². The van der Waals surface area contributed by atoms with E-state index >= 15 is 0 Å². The number of benzene rings is 1. The maximum Gasteiger partial charge on any atom is 0.278 e. The zero-order valence-electron chi connectivity index (χ0n) is 18.1. The molecule has 0 aliphatic carbocycles. The molecule has 3 aromatic rings. The molecule has 0 unspecified atom stereocenters. The van der Waals surface area contributed by atoms with Crippen molar-refractivity contribution in [1.82, 2.24) is 19.7 Å². The number of hydrogen-bond acceptors (Lipinski definition) is 5. The topological polar surface area (TPSA) is 97.2 Å². The Morgan fingerprint density at radius 1 is 1.03 bits per heavy atom. The number of nitrogens with one attached hydrogen (secondary N) is 1. The molecule has 1 aromatic carbocycles. The molecule has 1 aliphatic rings. The Morgan fingerprint density at radius 2 is 1.75 bits per heavy atom. The number of carbonyl (C=O) groups excluding carboxylic acids is 2. The van der Waals surface area contributed by atoms with Crippen LogP contribution in [0.1, 0.15) is 34.6 Å². The molecule has 1 fully saturated rings. The maximum absolute atomic E-state index is 13.1. The van der Waals surface area contributed by atoms with Gasteiger partial charge in [-0.15, -0.1) is 0 Å². The number of amides is 2. The molecule has 3 heterocycles. The number of carbonyl (C=O) groups is 2. The lowest BCUT2D eigenvalue weighted by Gasteiger charge is -2.31. The van der Waals surface area contributed by atoms with Gasteiger partial charge in [0.05, 0.1) is 5.69 Å². The summed E-state index contributed by atoms with van der Waals surface area (Å²) in [5.74, 6) is -0.203. The number of piperidine rings is 1.